The maximum atomic E-state index is 12.9. The molecule has 1 aliphatic heterocycles. The smallest absolute Gasteiger partial charge is 0.338 e. The maximum Gasteiger partial charge on any atom is 0.338 e. The van der Waals surface area contributed by atoms with Crippen LogP contribution in [0, 0.1) is 5.82 Å². The zero-order valence-corrected chi connectivity index (χ0v) is 16.8. The summed E-state index contributed by atoms with van der Waals surface area (Å²) in [6.07, 6.45) is 0. The van der Waals surface area contributed by atoms with Gasteiger partial charge in [-0.05, 0) is 48.5 Å². The van der Waals surface area contributed by atoms with Crippen LogP contribution in [0.2, 0.25) is 5.02 Å². The van der Waals surface area contributed by atoms with Crippen molar-refractivity contribution in [1.82, 2.24) is 9.21 Å². The molecule has 0 atom stereocenters. The van der Waals surface area contributed by atoms with E-state index in [1.807, 2.05) is 0 Å². The van der Waals surface area contributed by atoms with E-state index in [1.165, 1.54) is 45.6 Å². The predicted molar refractivity (Wildman–Crippen MR) is 103 cm³/mol. The van der Waals surface area contributed by atoms with Crippen LogP contribution in [0.5, 0.6) is 0 Å². The van der Waals surface area contributed by atoms with E-state index < -0.39 is 34.3 Å². The minimum absolute atomic E-state index is 0.128. The lowest BCUT2D eigenvalue weighted by Crippen LogP contribution is -2.51. The first-order chi connectivity index (χ1) is 13.8. The van der Waals surface area contributed by atoms with Gasteiger partial charge in [0.1, 0.15) is 5.82 Å². The molecule has 0 N–H and O–H groups in total. The van der Waals surface area contributed by atoms with Gasteiger partial charge in [-0.15, -0.1) is 0 Å². The van der Waals surface area contributed by atoms with Crippen molar-refractivity contribution < 1.29 is 27.1 Å². The summed E-state index contributed by atoms with van der Waals surface area (Å²) in [7, 11) is -3.67. The molecule has 0 saturated carbocycles. The molecule has 0 radical (unpaired) electrons. The van der Waals surface area contributed by atoms with Crippen LogP contribution < -0.4 is 0 Å². The van der Waals surface area contributed by atoms with Crippen LogP contribution in [0.3, 0.4) is 0 Å². The van der Waals surface area contributed by atoms with E-state index in [0.29, 0.717) is 5.02 Å². The number of ether oxygens (including phenoxy) is 1. The molecular formula is C19H18ClFN2O5S. The molecule has 29 heavy (non-hydrogen) atoms. The number of carbonyl (C=O) groups excluding carboxylic acids is 2. The van der Waals surface area contributed by atoms with Crippen molar-refractivity contribution in [3.8, 4) is 0 Å². The van der Waals surface area contributed by atoms with Gasteiger partial charge in [-0.25, -0.2) is 17.6 Å². The maximum absolute atomic E-state index is 12.9. The number of carbonyl (C=O) groups is 2. The highest BCUT2D eigenvalue weighted by Crippen LogP contribution is 2.20. The Morgan fingerprint density at radius 2 is 1.55 bits per heavy atom. The Bertz CT molecular complexity index is 988. The SMILES string of the molecule is O=C(OCC(=O)N1CCN(S(=O)(=O)c2ccc(Cl)cc2)CC1)c1ccc(F)cc1. The molecule has 10 heteroatoms. The van der Waals surface area contributed by atoms with Gasteiger partial charge in [0.2, 0.25) is 10.0 Å². The molecule has 1 heterocycles. The summed E-state index contributed by atoms with van der Waals surface area (Å²) < 4.78 is 44.4. The number of piperazine rings is 1. The van der Waals surface area contributed by atoms with E-state index >= 15 is 0 Å². The topological polar surface area (TPSA) is 84.0 Å². The minimum atomic E-state index is -3.67. The molecule has 1 fully saturated rings. The van der Waals surface area contributed by atoms with Crippen molar-refractivity contribution in [2.75, 3.05) is 32.8 Å². The lowest BCUT2D eigenvalue weighted by Gasteiger charge is -2.33. The number of amides is 1. The summed E-state index contributed by atoms with van der Waals surface area (Å²) in [5.74, 6) is -1.64. The monoisotopic (exact) mass is 440 g/mol. The number of halogens is 2. The Labute approximate surface area is 172 Å². The Balaban J connectivity index is 1.52. The number of hydrogen-bond acceptors (Lipinski definition) is 5. The molecule has 7 nitrogen and oxygen atoms in total. The molecule has 2 aromatic rings. The van der Waals surface area contributed by atoms with Crippen molar-refractivity contribution in [2.45, 2.75) is 4.90 Å². The van der Waals surface area contributed by atoms with Crippen LogP contribution in [0.1, 0.15) is 10.4 Å². The lowest BCUT2D eigenvalue weighted by atomic mass is 10.2. The molecule has 2 aromatic carbocycles. The highest BCUT2D eigenvalue weighted by atomic mass is 35.5. The van der Waals surface area contributed by atoms with Crippen LogP contribution in [0.4, 0.5) is 4.39 Å². The Hall–Kier alpha value is -2.49. The van der Waals surface area contributed by atoms with Gasteiger partial charge in [-0.3, -0.25) is 4.79 Å². The van der Waals surface area contributed by atoms with Crippen LogP contribution in [-0.4, -0.2) is 62.3 Å². The first-order valence-corrected chi connectivity index (χ1v) is 10.6. The second-order valence-corrected chi connectivity index (χ2v) is 8.70. The number of hydrogen-bond donors (Lipinski definition) is 0. The van der Waals surface area contributed by atoms with Gasteiger partial charge in [0.25, 0.3) is 5.91 Å². The zero-order valence-electron chi connectivity index (χ0n) is 15.3. The van der Waals surface area contributed by atoms with Crippen LogP contribution in [0.25, 0.3) is 0 Å². The molecule has 1 aliphatic rings. The Morgan fingerprint density at radius 1 is 0.966 bits per heavy atom. The normalized spacial score (nSPS) is 15.2. The fourth-order valence-corrected chi connectivity index (χ4v) is 4.37. The number of rotatable bonds is 5. The second-order valence-electron chi connectivity index (χ2n) is 6.32. The van der Waals surface area contributed by atoms with Gasteiger partial charge in [-0.1, -0.05) is 11.6 Å². The molecular weight excluding hydrogens is 423 g/mol. The molecule has 154 valence electrons. The molecule has 1 saturated heterocycles. The van der Waals surface area contributed by atoms with Gasteiger partial charge in [0.05, 0.1) is 10.5 Å². The highest BCUT2D eigenvalue weighted by Gasteiger charge is 2.30. The summed E-state index contributed by atoms with van der Waals surface area (Å²) in [5.41, 5.74) is 0.137. The molecule has 0 aliphatic carbocycles. The van der Waals surface area contributed by atoms with E-state index in [1.54, 1.807) is 0 Å². The molecule has 3 rings (SSSR count). The van der Waals surface area contributed by atoms with E-state index in [2.05, 4.69) is 0 Å². The number of benzene rings is 2. The zero-order chi connectivity index (χ0) is 21.0. The quantitative estimate of drug-likeness (QED) is 0.665. The van der Waals surface area contributed by atoms with Crippen LogP contribution >= 0.6 is 11.6 Å². The largest absolute Gasteiger partial charge is 0.452 e. The van der Waals surface area contributed by atoms with Crippen molar-refractivity contribution >= 4 is 33.5 Å². The summed E-state index contributed by atoms with van der Waals surface area (Å²) in [5, 5.41) is 0.439. The average molecular weight is 441 g/mol. The fourth-order valence-electron chi connectivity index (χ4n) is 2.82. The average Bonchev–Trinajstić information content (AvgIpc) is 2.72. The summed E-state index contributed by atoms with van der Waals surface area (Å²) in [6, 6.07) is 10.7. The predicted octanol–water partition coefficient (Wildman–Crippen LogP) is 2.17. The van der Waals surface area contributed by atoms with Crippen molar-refractivity contribution in [3.05, 3.63) is 64.9 Å². The Morgan fingerprint density at radius 3 is 2.14 bits per heavy atom. The molecule has 0 unspecified atom stereocenters. The van der Waals surface area contributed by atoms with Crippen molar-refractivity contribution in [2.24, 2.45) is 0 Å². The highest BCUT2D eigenvalue weighted by molar-refractivity contribution is 7.89. The number of sulfonamides is 1. The van der Waals surface area contributed by atoms with Gasteiger partial charge in [0.15, 0.2) is 6.61 Å². The van der Waals surface area contributed by atoms with Crippen molar-refractivity contribution in [3.63, 3.8) is 0 Å². The number of nitrogens with zero attached hydrogens (tertiary/aromatic N) is 2. The van der Waals surface area contributed by atoms with Gasteiger partial charge < -0.3 is 9.64 Å². The third-order valence-electron chi connectivity index (χ3n) is 4.45. The lowest BCUT2D eigenvalue weighted by molar-refractivity contribution is -0.135. The molecule has 0 aromatic heterocycles. The third kappa shape index (κ3) is 5.11. The van der Waals surface area contributed by atoms with Crippen molar-refractivity contribution in [1.29, 1.82) is 0 Å². The minimum Gasteiger partial charge on any atom is -0.452 e. The molecule has 1 amide bonds. The summed E-state index contributed by atoms with van der Waals surface area (Å²) in [4.78, 5) is 25.7. The Kier molecular flexibility index (Phi) is 6.51. The van der Waals surface area contributed by atoms with E-state index in [9.17, 15) is 22.4 Å². The summed E-state index contributed by atoms with van der Waals surface area (Å²) >= 11 is 5.79. The van der Waals surface area contributed by atoms with E-state index in [-0.39, 0.29) is 36.6 Å². The summed E-state index contributed by atoms with van der Waals surface area (Å²) in [6.45, 7) is 0.144. The van der Waals surface area contributed by atoms with Gasteiger partial charge >= 0.3 is 5.97 Å². The molecule has 0 bridgehead atoms. The van der Waals surface area contributed by atoms with E-state index in [0.717, 1.165) is 12.1 Å². The van der Waals surface area contributed by atoms with E-state index in [4.69, 9.17) is 16.3 Å². The standard InChI is InChI=1S/C19H18ClFN2O5S/c20-15-3-7-17(8-4-15)29(26,27)23-11-9-22(10-12-23)18(24)13-28-19(25)14-1-5-16(21)6-2-14/h1-8H,9-13H2. The van der Waals surface area contributed by atoms with Gasteiger partial charge in [0, 0.05) is 31.2 Å². The van der Waals surface area contributed by atoms with Crippen LogP contribution in [0.15, 0.2) is 53.4 Å². The first kappa shape index (κ1) is 21.2. The van der Waals surface area contributed by atoms with Crippen LogP contribution in [-0.2, 0) is 19.6 Å². The fraction of sp³-hybridized carbons (Fsp3) is 0.263. The molecule has 0 spiro atoms. The third-order valence-corrected chi connectivity index (χ3v) is 6.61. The number of esters is 1. The van der Waals surface area contributed by atoms with Gasteiger partial charge in [-0.2, -0.15) is 4.31 Å². The first-order valence-electron chi connectivity index (χ1n) is 8.73. The second kappa shape index (κ2) is 8.89.